The molecule has 1 aromatic heterocycles. The molecule has 0 aliphatic rings. The van der Waals surface area contributed by atoms with Gasteiger partial charge in [-0.1, -0.05) is 0 Å². The predicted molar refractivity (Wildman–Crippen MR) is 71.0 cm³/mol. The van der Waals surface area contributed by atoms with E-state index in [9.17, 15) is 0 Å². The Bertz CT molecular complexity index is 385. The Morgan fingerprint density at radius 1 is 1.44 bits per heavy atom. The zero-order valence-corrected chi connectivity index (χ0v) is 11.1. The highest BCUT2D eigenvalue weighted by Crippen LogP contribution is 2.00. The second-order valence-corrected chi connectivity index (χ2v) is 4.46. The van der Waals surface area contributed by atoms with Crippen LogP contribution < -0.4 is 5.32 Å². The fourth-order valence-corrected chi connectivity index (χ4v) is 1.55. The molecule has 0 aliphatic carbocycles. The number of aromatic nitrogens is 1. The molecule has 0 unspecified atom stereocenters. The highest BCUT2D eigenvalue weighted by Gasteiger charge is 1.97. The van der Waals surface area contributed by atoms with Gasteiger partial charge in [0.15, 0.2) is 0 Å². The van der Waals surface area contributed by atoms with E-state index in [2.05, 4.69) is 24.1 Å². The molecule has 0 aromatic carbocycles. The summed E-state index contributed by atoms with van der Waals surface area (Å²) in [5.41, 5.74) is 1.57. The Labute approximate surface area is 109 Å². The summed E-state index contributed by atoms with van der Waals surface area (Å²) < 4.78 is 5.46. The molecule has 18 heavy (non-hydrogen) atoms. The van der Waals surface area contributed by atoms with Crippen LogP contribution in [0.25, 0.3) is 0 Å². The van der Waals surface area contributed by atoms with Crippen LogP contribution in [-0.4, -0.2) is 24.2 Å². The van der Waals surface area contributed by atoms with Gasteiger partial charge in [0.2, 0.25) is 0 Å². The molecule has 0 aliphatic heterocycles. The number of nitrogens with zero attached hydrogens (tertiary/aromatic N) is 2. The fraction of sp³-hybridized carbons (Fsp3) is 0.571. The summed E-state index contributed by atoms with van der Waals surface area (Å²) in [4.78, 5) is 3.94. The molecular weight excluding hydrogens is 226 g/mol. The molecule has 0 atom stereocenters. The normalized spacial score (nSPS) is 10.6. The number of hydrogen-bond acceptors (Lipinski definition) is 4. The summed E-state index contributed by atoms with van der Waals surface area (Å²) in [6, 6.07) is 5.78. The summed E-state index contributed by atoms with van der Waals surface area (Å²) in [6.45, 7) is 6.67. The van der Waals surface area contributed by atoms with E-state index in [-0.39, 0.29) is 0 Å². The third kappa shape index (κ3) is 6.33. The number of nitriles is 1. The molecule has 0 saturated heterocycles. The zero-order chi connectivity index (χ0) is 13.2. The topological polar surface area (TPSA) is 57.9 Å². The second-order valence-electron chi connectivity index (χ2n) is 4.46. The van der Waals surface area contributed by atoms with Crippen LogP contribution in [0.1, 0.15) is 37.9 Å². The molecule has 1 aromatic rings. The van der Waals surface area contributed by atoms with Crippen LogP contribution in [0.3, 0.4) is 0 Å². The first-order chi connectivity index (χ1) is 8.72. The first-order valence-electron chi connectivity index (χ1n) is 6.39. The van der Waals surface area contributed by atoms with Gasteiger partial charge in [-0.2, -0.15) is 5.26 Å². The monoisotopic (exact) mass is 247 g/mol. The van der Waals surface area contributed by atoms with Crippen LogP contribution in [0.2, 0.25) is 0 Å². The SMILES string of the molecule is CC(C)OCCCCNCc1ccnc(C#N)c1. The van der Waals surface area contributed by atoms with Crippen LogP contribution in [0.4, 0.5) is 0 Å². The minimum atomic E-state index is 0.319. The Morgan fingerprint density at radius 2 is 2.28 bits per heavy atom. The predicted octanol–water partition coefficient (Wildman–Crippen LogP) is 2.25. The van der Waals surface area contributed by atoms with Crippen molar-refractivity contribution in [3.8, 4) is 6.07 Å². The number of rotatable bonds is 8. The molecule has 4 heteroatoms. The smallest absolute Gasteiger partial charge is 0.140 e. The summed E-state index contributed by atoms with van der Waals surface area (Å²) in [5.74, 6) is 0. The van der Waals surface area contributed by atoms with Crippen LogP contribution in [0.5, 0.6) is 0 Å². The van der Waals surface area contributed by atoms with Crippen molar-refractivity contribution in [3.05, 3.63) is 29.6 Å². The lowest BCUT2D eigenvalue weighted by atomic mass is 10.2. The molecule has 1 N–H and O–H groups in total. The maximum absolute atomic E-state index is 8.73. The van der Waals surface area contributed by atoms with Gasteiger partial charge in [-0.25, -0.2) is 4.98 Å². The third-order valence-corrected chi connectivity index (χ3v) is 2.47. The standard InChI is InChI=1S/C14H21N3O/c1-12(2)18-8-4-3-6-16-11-13-5-7-17-14(9-13)10-15/h5,7,9,12,16H,3-4,6,8,11H2,1-2H3. The molecular formula is C14H21N3O. The van der Waals surface area contributed by atoms with Crippen molar-refractivity contribution in [2.24, 2.45) is 0 Å². The lowest BCUT2D eigenvalue weighted by Gasteiger charge is -2.08. The van der Waals surface area contributed by atoms with E-state index in [1.54, 1.807) is 6.20 Å². The Kier molecular flexibility index (Phi) is 7.00. The molecule has 0 spiro atoms. The summed E-state index contributed by atoms with van der Waals surface area (Å²) in [6.07, 6.45) is 4.17. The first kappa shape index (κ1) is 14.6. The van der Waals surface area contributed by atoms with Gasteiger partial charge in [0.25, 0.3) is 0 Å². The Balaban J connectivity index is 2.09. The highest BCUT2D eigenvalue weighted by molar-refractivity contribution is 5.25. The molecule has 4 nitrogen and oxygen atoms in total. The van der Waals surface area contributed by atoms with Gasteiger partial charge in [0, 0.05) is 19.3 Å². The maximum Gasteiger partial charge on any atom is 0.140 e. The van der Waals surface area contributed by atoms with Gasteiger partial charge in [0.05, 0.1) is 6.10 Å². The molecule has 0 fully saturated rings. The van der Waals surface area contributed by atoms with Crippen molar-refractivity contribution in [3.63, 3.8) is 0 Å². The summed E-state index contributed by atoms with van der Waals surface area (Å²) >= 11 is 0. The number of unbranched alkanes of at least 4 members (excludes halogenated alkanes) is 1. The van der Waals surface area contributed by atoms with E-state index in [4.69, 9.17) is 10.00 Å². The van der Waals surface area contributed by atoms with Gasteiger partial charge in [0.1, 0.15) is 11.8 Å². The lowest BCUT2D eigenvalue weighted by Crippen LogP contribution is -2.15. The number of nitrogens with one attached hydrogen (secondary N) is 1. The van der Waals surface area contributed by atoms with Crippen molar-refractivity contribution in [1.82, 2.24) is 10.3 Å². The molecule has 0 radical (unpaired) electrons. The third-order valence-electron chi connectivity index (χ3n) is 2.47. The van der Waals surface area contributed by atoms with E-state index in [0.717, 1.165) is 38.1 Å². The second kappa shape index (κ2) is 8.62. The van der Waals surface area contributed by atoms with Gasteiger partial charge >= 0.3 is 0 Å². The molecule has 0 amide bonds. The summed E-state index contributed by atoms with van der Waals surface area (Å²) in [7, 11) is 0. The Morgan fingerprint density at radius 3 is 3.00 bits per heavy atom. The van der Waals surface area contributed by atoms with E-state index in [1.165, 1.54) is 0 Å². The average Bonchev–Trinajstić information content (AvgIpc) is 2.37. The average molecular weight is 247 g/mol. The molecule has 0 saturated carbocycles. The minimum Gasteiger partial charge on any atom is -0.379 e. The van der Waals surface area contributed by atoms with Gasteiger partial charge in [-0.05, 0) is 50.9 Å². The van der Waals surface area contributed by atoms with E-state index in [1.807, 2.05) is 18.2 Å². The molecule has 98 valence electrons. The van der Waals surface area contributed by atoms with E-state index < -0.39 is 0 Å². The van der Waals surface area contributed by atoms with Crippen LogP contribution in [0, 0.1) is 11.3 Å². The van der Waals surface area contributed by atoms with E-state index >= 15 is 0 Å². The largest absolute Gasteiger partial charge is 0.379 e. The van der Waals surface area contributed by atoms with Crippen molar-refractivity contribution < 1.29 is 4.74 Å². The van der Waals surface area contributed by atoms with Crippen molar-refractivity contribution >= 4 is 0 Å². The number of hydrogen-bond donors (Lipinski definition) is 1. The first-order valence-corrected chi connectivity index (χ1v) is 6.39. The number of pyridine rings is 1. The molecule has 1 heterocycles. The van der Waals surface area contributed by atoms with Crippen molar-refractivity contribution in [2.75, 3.05) is 13.2 Å². The molecule has 0 bridgehead atoms. The number of ether oxygens (including phenoxy) is 1. The van der Waals surface area contributed by atoms with Crippen LogP contribution >= 0.6 is 0 Å². The quantitative estimate of drug-likeness (QED) is 0.716. The highest BCUT2D eigenvalue weighted by atomic mass is 16.5. The van der Waals surface area contributed by atoms with Crippen LogP contribution in [-0.2, 0) is 11.3 Å². The minimum absolute atomic E-state index is 0.319. The van der Waals surface area contributed by atoms with E-state index in [0.29, 0.717) is 11.8 Å². The lowest BCUT2D eigenvalue weighted by molar-refractivity contribution is 0.0760. The summed E-state index contributed by atoms with van der Waals surface area (Å²) in [5, 5.41) is 12.1. The van der Waals surface area contributed by atoms with Gasteiger partial charge in [-0.3, -0.25) is 0 Å². The molecule has 1 rings (SSSR count). The zero-order valence-electron chi connectivity index (χ0n) is 11.1. The fourth-order valence-electron chi connectivity index (χ4n) is 1.55. The van der Waals surface area contributed by atoms with Crippen molar-refractivity contribution in [2.45, 2.75) is 39.3 Å². The van der Waals surface area contributed by atoms with Crippen molar-refractivity contribution in [1.29, 1.82) is 5.26 Å². The van der Waals surface area contributed by atoms with Gasteiger partial charge in [-0.15, -0.1) is 0 Å². The van der Waals surface area contributed by atoms with Gasteiger partial charge < -0.3 is 10.1 Å². The van der Waals surface area contributed by atoms with Crippen LogP contribution in [0.15, 0.2) is 18.3 Å². The Hall–Kier alpha value is -1.44. The maximum atomic E-state index is 8.73.